The average Bonchev–Trinajstić information content (AvgIpc) is 2.24. The molecule has 0 spiro atoms. The number of carboxylic acids is 1. The van der Waals surface area contributed by atoms with Crippen molar-refractivity contribution in [2.24, 2.45) is 0 Å². The van der Waals surface area contributed by atoms with Gasteiger partial charge in [0.05, 0.1) is 5.75 Å². The second-order valence-corrected chi connectivity index (χ2v) is 8.10. The molecule has 0 amide bonds. The van der Waals surface area contributed by atoms with Gasteiger partial charge in [-0.1, -0.05) is 41.5 Å². The van der Waals surface area contributed by atoms with Crippen LogP contribution >= 0.6 is 11.8 Å². The number of aromatic hydroxyl groups is 1. The average molecular weight is 296 g/mol. The summed E-state index contributed by atoms with van der Waals surface area (Å²) in [6.45, 7) is 12.3. The molecule has 0 aliphatic heterocycles. The number of hydrogen-bond donors (Lipinski definition) is 2. The van der Waals surface area contributed by atoms with Gasteiger partial charge in [0.15, 0.2) is 0 Å². The SMILES string of the molecule is CC(C)(C)c1cc(SCC(=O)O)cc(C(C)(C)C)c1O. The van der Waals surface area contributed by atoms with Crippen LogP contribution in [0.25, 0.3) is 0 Å². The molecule has 1 rings (SSSR count). The normalized spacial score (nSPS) is 12.5. The van der Waals surface area contributed by atoms with E-state index in [1.807, 2.05) is 53.7 Å². The van der Waals surface area contributed by atoms with Crippen molar-refractivity contribution in [2.75, 3.05) is 5.75 Å². The summed E-state index contributed by atoms with van der Waals surface area (Å²) in [7, 11) is 0. The number of benzene rings is 1. The molecule has 1 aromatic carbocycles. The molecule has 20 heavy (non-hydrogen) atoms. The number of carboxylic acid groups (broad SMARTS) is 1. The minimum absolute atomic E-state index is 0.0257. The molecule has 0 aliphatic rings. The summed E-state index contributed by atoms with van der Waals surface area (Å²) in [6.07, 6.45) is 0. The number of rotatable bonds is 3. The van der Waals surface area contributed by atoms with E-state index < -0.39 is 5.97 Å². The molecule has 0 radical (unpaired) electrons. The third-order valence-corrected chi connectivity index (χ3v) is 4.02. The van der Waals surface area contributed by atoms with Gasteiger partial charge in [-0.15, -0.1) is 11.8 Å². The molecule has 2 N–H and O–H groups in total. The molecule has 0 unspecified atom stereocenters. The van der Waals surface area contributed by atoms with E-state index in [9.17, 15) is 9.90 Å². The molecule has 112 valence electrons. The highest BCUT2D eigenvalue weighted by atomic mass is 32.2. The molecule has 0 heterocycles. The number of phenolic OH excluding ortho intramolecular Hbond substituents is 1. The Balaban J connectivity index is 3.38. The van der Waals surface area contributed by atoms with E-state index in [-0.39, 0.29) is 16.6 Å². The predicted molar refractivity (Wildman–Crippen MR) is 83.9 cm³/mol. The van der Waals surface area contributed by atoms with E-state index in [2.05, 4.69) is 0 Å². The summed E-state index contributed by atoms with van der Waals surface area (Å²) in [4.78, 5) is 11.6. The van der Waals surface area contributed by atoms with Crippen molar-refractivity contribution in [3.63, 3.8) is 0 Å². The summed E-state index contributed by atoms with van der Waals surface area (Å²) in [5.41, 5.74) is 1.34. The molecule has 0 bridgehead atoms. The number of thioether (sulfide) groups is 1. The van der Waals surface area contributed by atoms with Crippen molar-refractivity contribution < 1.29 is 15.0 Å². The zero-order valence-electron chi connectivity index (χ0n) is 13.1. The first-order chi connectivity index (χ1) is 8.93. The van der Waals surface area contributed by atoms with Gasteiger partial charge in [0.25, 0.3) is 0 Å². The van der Waals surface area contributed by atoms with Crippen LogP contribution < -0.4 is 0 Å². The highest BCUT2D eigenvalue weighted by molar-refractivity contribution is 8.00. The maximum atomic E-state index is 10.7. The first-order valence-corrected chi connectivity index (χ1v) is 7.64. The molecule has 0 aliphatic carbocycles. The van der Waals surface area contributed by atoms with Gasteiger partial charge in [0.2, 0.25) is 0 Å². The largest absolute Gasteiger partial charge is 0.507 e. The van der Waals surface area contributed by atoms with Crippen molar-refractivity contribution in [3.05, 3.63) is 23.3 Å². The third-order valence-electron chi connectivity index (χ3n) is 3.06. The Bertz CT molecular complexity index is 472. The van der Waals surface area contributed by atoms with Crippen LogP contribution in [0.5, 0.6) is 5.75 Å². The van der Waals surface area contributed by atoms with Crippen LogP contribution in [-0.4, -0.2) is 21.9 Å². The zero-order chi connectivity index (χ0) is 15.7. The summed E-state index contributed by atoms with van der Waals surface area (Å²) in [5.74, 6) is -0.486. The monoisotopic (exact) mass is 296 g/mol. The van der Waals surface area contributed by atoms with Crippen LogP contribution in [0.15, 0.2) is 17.0 Å². The van der Waals surface area contributed by atoms with Gasteiger partial charge in [-0.25, -0.2) is 0 Å². The van der Waals surface area contributed by atoms with Crippen LogP contribution in [0.3, 0.4) is 0 Å². The summed E-state index contributed by atoms with van der Waals surface area (Å²) < 4.78 is 0. The first kappa shape index (κ1) is 16.9. The summed E-state index contributed by atoms with van der Waals surface area (Å²) in [6, 6.07) is 3.80. The van der Waals surface area contributed by atoms with E-state index in [0.29, 0.717) is 5.75 Å². The third kappa shape index (κ3) is 4.17. The lowest BCUT2D eigenvalue weighted by atomic mass is 9.79. The fourth-order valence-electron chi connectivity index (χ4n) is 1.98. The minimum Gasteiger partial charge on any atom is -0.507 e. The van der Waals surface area contributed by atoms with E-state index in [4.69, 9.17) is 5.11 Å². The van der Waals surface area contributed by atoms with Gasteiger partial charge in [-0.05, 0) is 23.0 Å². The highest BCUT2D eigenvalue weighted by Crippen LogP contribution is 2.41. The minimum atomic E-state index is -0.835. The first-order valence-electron chi connectivity index (χ1n) is 6.65. The quantitative estimate of drug-likeness (QED) is 0.822. The van der Waals surface area contributed by atoms with Gasteiger partial charge in [0, 0.05) is 16.0 Å². The smallest absolute Gasteiger partial charge is 0.313 e. The van der Waals surface area contributed by atoms with Crippen LogP contribution in [0.1, 0.15) is 52.7 Å². The molecule has 3 nitrogen and oxygen atoms in total. The Hall–Kier alpha value is -1.16. The van der Waals surface area contributed by atoms with Crippen LogP contribution in [0, 0.1) is 0 Å². The van der Waals surface area contributed by atoms with Crippen molar-refractivity contribution in [1.29, 1.82) is 0 Å². The summed E-state index contributed by atoms with van der Waals surface area (Å²) in [5, 5.41) is 19.4. The Labute approximate surface area is 125 Å². The second-order valence-electron chi connectivity index (χ2n) is 7.05. The summed E-state index contributed by atoms with van der Waals surface area (Å²) >= 11 is 1.29. The fraction of sp³-hybridized carbons (Fsp3) is 0.562. The number of carbonyl (C=O) groups is 1. The molecule has 0 atom stereocenters. The topological polar surface area (TPSA) is 57.5 Å². The Morgan fingerprint density at radius 1 is 1.05 bits per heavy atom. The molecule has 0 saturated heterocycles. The van der Waals surface area contributed by atoms with Crippen LogP contribution in [0.4, 0.5) is 0 Å². The van der Waals surface area contributed by atoms with Crippen molar-refractivity contribution in [3.8, 4) is 5.75 Å². The predicted octanol–water partition coefficient (Wildman–Crippen LogP) is 4.16. The van der Waals surface area contributed by atoms with Crippen molar-refractivity contribution in [1.82, 2.24) is 0 Å². The maximum Gasteiger partial charge on any atom is 0.313 e. The number of phenols is 1. The van der Waals surface area contributed by atoms with Crippen LogP contribution in [0.2, 0.25) is 0 Å². The Kier molecular flexibility index (Phi) is 4.80. The van der Waals surface area contributed by atoms with Gasteiger partial charge in [0.1, 0.15) is 5.75 Å². The van der Waals surface area contributed by atoms with Gasteiger partial charge in [-0.2, -0.15) is 0 Å². The van der Waals surface area contributed by atoms with Crippen molar-refractivity contribution in [2.45, 2.75) is 57.3 Å². The van der Waals surface area contributed by atoms with E-state index in [1.165, 1.54) is 11.8 Å². The Morgan fingerprint density at radius 3 is 1.75 bits per heavy atom. The van der Waals surface area contributed by atoms with Gasteiger partial charge in [-0.3, -0.25) is 4.79 Å². The lowest BCUT2D eigenvalue weighted by molar-refractivity contribution is -0.133. The lowest BCUT2D eigenvalue weighted by Gasteiger charge is -2.28. The molecule has 4 heteroatoms. The Morgan fingerprint density at radius 2 is 1.45 bits per heavy atom. The second kappa shape index (κ2) is 5.68. The molecular formula is C16H24O3S. The van der Waals surface area contributed by atoms with Gasteiger partial charge < -0.3 is 10.2 Å². The number of aliphatic carboxylic acids is 1. The fourth-order valence-corrected chi connectivity index (χ4v) is 2.67. The standard InChI is InChI=1S/C16H24O3S/c1-15(2,3)11-7-10(20-9-13(17)18)8-12(14(11)19)16(4,5)6/h7-8,19H,9H2,1-6H3,(H,17,18). The van der Waals surface area contributed by atoms with Crippen LogP contribution in [-0.2, 0) is 15.6 Å². The number of hydrogen-bond acceptors (Lipinski definition) is 3. The molecule has 1 aromatic rings. The molecular weight excluding hydrogens is 272 g/mol. The van der Waals surface area contributed by atoms with Gasteiger partial charge >= 0.3 is 5.97 Å². The zero-order valence-corrected chi connectivity index (χ0v) is 13.9. The molecule has 0 aromatic heterocycles. The maximum absolute atomic E-state index is 10.7. The van der Waals surface area contributed by atoms with E-state index in [0.717, 1.165) is 16.0 Å². The molecule has 0 saturated carbocycles. The van der Waals surface area contributed by atoms with E-state index >= 15 is 0 Å². The van der Waals surface area contributed by atoms with E-state index in [1.54, 1.807) is 0 Å². The highest BCUT2D eigenvalue weighted by Gasteiger charge is 2.26. The van der Waals surface area contributed by atoms with Crippen molar-refractivity contribution >= 4 is 17.7 Å². The molecule has 0 fully saturated rings. The lowest BCUT2D eigenvalue weighted by Crippen LogP contribution is -2.17.